The molecule has 0 N–H and O–H groups in total. The maximum absolute atomic E-state index is 13.5. The molecule has 0 spiro atoms. The van der Waals surface area contributed by atoms with Crippen LogP contribution < -0.4 is 0 Å². The Balaban J connectivity index is 1.52. The van der Waals surface area contributed by atoms with Gasteiger partial charge in [0.15, 0.2) is 9.84 Å². The molecule has 1 aromatic heterocycles. The number of sulfone groups is 1. The lowest BCUT2D eigenvalue weighted by Gasteiger charge is -2.14. The lowest BCUT2D eigenvalue weighted by atomic mass is 10.1. The highest BCUT2D eigenvalue weighted by atomic mass is 32.2. The number of hydrogen-bond donors (Lipinski definition) is 0. The van der Waals surface area contributed by atoms with Gasteiger partial charge in [-0.1, -0.05) is 65.9 Å². The Labute approximate surface area is 177 Å². The van der Waals surface area contributed by atoms with Gasteiger partial charge in [-0.25, -0.2) is 13.1 Å². The maximum atomic E-state index is 13.5. The number of nitro groups is 1. The van der Waals surface area contributed by atoms with E-state index in [1.807, 2.05) is 48.5 Å². The number of benzene rings is 3. The molecule has 0 amide bonds. The first kappa shape index (κ1) is 19.1. The molecule has 0 atom stereocenters. The second-order valence-electron chi connectivity index (χ2n) is 7.26. The second-order valence-corrected chi connectivity index (χ2v) is 9.35. The number of fused-ring (bicyclic) bond motifs is 3. The van der Waals surface area contributed by atoms with E-state index in [1.54, 1.807) is 12.1 Å². The lowest BCUT2D eigenvalue weighted by Crippen LogP contribution is -2.15. The molecule has 1 aliphatic carbocycles. The summed E-state index contributed by atoms with van der Waals surface area (Å²) in [6.45, 7) is 0. The highest BCUT2D eigenvalue weighted by Gasteiger charge is 2.38. The molecule has 0 aliphatic heterocycles. The van der Waals surface area contributed by atoms with E-state index in [-0.39, 0.29) is 22.8 Å². The van der Waals surface area contributed by atoms with E-state index in [0.717, 1.165) is 22.3 Å². The van der Waals surface area contributed by atoms with Crippen molar-refractivity contribution in [3.05, 3.63) is 106 Å². The van der Waals surface area contributed by atoms with Gasteiger partial charge in [-0.2, -0.15) is 0 Å². The van der Waals surface area contributed by atoms with Crippen molar-refractivity contribution in [1.29, 1.82) is 0 Å². The monoisotopic (exact) mass is 432 g/mol. The zero-order valence-corrected chi connectivity index (χ0v) is 16.9. The summed E-state index contributed by atoms with van der Waals surface area (Å²) in [5.74, 6) is -0.332. The molecule has 0 fully saturated rings. The van der Waals surface area contributed by atoms with Crippen molar-refractivity contribution in [2.24, 2.45) is 0 Å². The number of aromatic nitrogens is 3. The molecular formula is C22H16N4O4S. The SMILES string of the molecule is O=[N+]([O-])c1ccccc1-n1cc(CS(=O)(=O)C2c3ccccc3-c3ccccc32)nn1. The normalized spacial score (nSPS) is 13.0. The average Bonchev–Trinajstić information content (AvgIpc) is 3.36. The second kappa shape index (κ2) is 7.13. The lowest BCUT2D eigenvalue weighted by molar-refractivity contribution is -0.384. The Hall–Kier alpha value is -3.85. The number of nitrogens with zero attached hydrogens (tertiary/aromatic N) is 4. The third-order valence-corrected chi connectivity index (χ3v) is 7.28. The Kier molecular flexibility index (Phi) is 4.40. The third-order valence-electron chi connectivity index (χ3n) is 5.35. The van der Waals surface area contributed by atoms with Crippen molar-refractivity contribution in [3.8, 4) is 16.8 Å². The smallest absolute Gasteiger partial charge is 0.258 e. The third kappa shape index (κ3) is 3.19. The molecule has 0 saturated heterocycles. The molecular weight excluding hydrogens is 416 g/mol. The molecule has 0 unspecified atom stereocenters. The van der Waals surface area contributed by atoms with E-state index in [4.69, 9.17) is 0 Å². The van der Waals surface area contributed by atoms with Crippen LogP contribution in [0.4, 0.5) is 5.69 Å². The summed E-state index contributed by atoms with van der Waals surface area (Å²) in [5, 5.41) is 18.4. The van der Waals surface area contributed by atoms with Gasteiger partial charge >= 0.3 is 0 Å². The van der Waals surface area contributed by atoms with Crippen LogP contribution in [0.2, 0.25) is 0 Å². The van der Waals surface area contributed by atoms with E-state index >= 15 is 0 Å². The van der Waals surface area contributed by atoms with Crippen LogP contribution in [-0.4, -0.2) is 28.3 Å². The number of rotatable bonds is 5. The van der Waals surface area contributed by atoms with Gasteiger partial charge in [-0.3, -0.25) is 10.1 Å². The average molecular weight is 432 g/mol. The van der Waals surface area contributed by atoms with Gasteiger partial charge in [0.2, 0.25) is 0 Å². The van der Waals surface area contributed by atoms with Crippen LogP contribution in [0.25, 0.3) is 16.8 Å². The quantitative estimate of drug-likeness (QED) is 0.350. The Morgan fingerprint density at radius 1 is 0.903 bits per heavy atom. The molecule has 0 saturated carbocycles. The van der Waals surface area contributed by atoms with Gasteiger partial charge in [0.05, 0.1) is 22.6 Å². The molecule has 1 aliphatic rings. The number of hydrogen-bond acceptors (Lipinski definition) is 6. The van der Waals surface area contributed by atoms with Crippen molar-refractivity contribution in [2.75, 3.05) is 0 Å². The van der Waals surface area contributed by atoms with Crippen molar-refractivity contribution < 1.29 is 13.3 Å². The molecule has 0 bridgehead atoms. The van der Waals surface area contributed by atoms with Crippen molar-refractivity contribution in [3.63, 3.8) is 0 Å². The zero-order valence-electron chi connectivity index (χ0n) is 16.1. The molecule has 1 heterocycles. The minimum absolute atomic E-state index is 0.138. The maximum Gasteiger partial charge on any atom is 0.294 e. The highest BCUT2D eigenvalue weighted by Crippen LogP contribution is 2.47. The van der Waals surface area contributed by atoms with Gasteiger partial charge in [-0.15, -0.1) is 5.10 Å². The van der Waals surface area contributed by atoms with Crippen LogP contribution in [0.3, 0.4) is 0 Å². The number of nitro benzene ring substituents is 1. The predicted octanol–water partition coefficient (Wildman–Crippen LogP) is 3.86. The summed E-state index contributed by atoms with van der Waals surface area (Å²) < 4.78 is 28.2. The van der Waals surface area contributed by atoms with E-state index < -0.39 is 20.0 Å². The Morgan fingerprint density at radius 3 is 2.13 bits per heavy atom. The Bertz CT molecular complexity index is 1380. The van der Waals surface area contributed by atoms with Crippen molar-refractivity contribution in [2.45, 2.75) is 11.0 Å². The van der Waals surface area contributed by atoms with E-state index in [1.165, 1.54) is 23.0 Å². The summed E-state index contributed by atoms with van der Waals surface area (Å²) in [5.41, 5.74) is 3.62. The van der Waals surface area contributed by atoms with E-state index in [2.05, 4.69) is 10.3 Å². The van der Waals surface area contributed by atoms with Crippen LogP contribution in [0.15, 0.2) is 79.0 Å². The molecule has 31 heavy (non-hydrogen) atoms. The fraction of sp³-hybridized carbons (Fsp3) is 0.0909. The van der Waals surface area contributed by atoms with Crippen LogP contribution in [0, 0.1) is 10.1 Å². The van der Waals surface area contributed by atoms with Gasteiger partial charge in [0.1, 0.15) is 10.9 Å². The Morgan fingerprint density at radius 2 is 1.48 bits per heavy atom. The molecule has 154 valence electrons. The predicted molar refractivity (Wildman–Crippen MR) is 114 cm³/mol. The molecule has 5 rings (SSSR count). The van der Waals surface area contributed by atoms with Crippen LogP contribution in [-0.2, 0) is 15.6 Å². The van der Waals surface area contributed by atoms with E-state index in [0.29, 0.717) is 0 Å². The van der Waals surface area contributed by atoms with Crippen molar-refractivity contribution in [1.82, 2.24) is 15.0 Å². The highest BCUT2D eigenvalue weighted by molar-refractivity contribution is 7.91. The van der Waals surface area contributed by atoms with Crippen molar-refractivity contribution >= 4 is 15.5 Å². The fourth-order valence-corrected chi connectivity index (χ4v) is 5.98. The largest absolute Gasteiger partial charge is 0.294 e. The van der Waals surface area contributed by atoms with Gasteiger partial charge in [0.25, 0.3) is 5.69 Å². The zero-order chi connectivity index (χ0) is 21.6. The summed E-state index contributed by atoms with van der Waals surface area (Å²) >= 11 is 0. The molecule has 0 radical (unpaired) electrons. The summed E-state index contributed by atoms with van der Waals surface area (Å²) in [6, 6.07) is 21.1. The first-order valence-electron chi connectivity index (χ1n) is 9.50. The van der Waals surface area contributed by atoms with Crippen LogP contribution in [0.1, 0.15) is 22.1 Å². The fourth-order valence-electron chi connectivity index (χ4n) is 4.08. The topological polar surface area (TPSA) is 108 Å². The molecule has 8 nitrogen and oxygen atoms in total. The summed E-state index contributed by atoms with van der Waals surface area (Å²) in [7, 11) is -3.68. The standard InChI is InChI=1S/C22H16N4O4S/c27-26(28)21-12-6-5-11-20(21)25-13-15(23-24-25)14-31(29,30)22-18-9-3-1-7-16(18)17-8-2-4-10-19(17)22/h1-13,22H,14H2. The van der Waals surface area contributed by atoms with Crippen LogP contribution in [0.5, 0.6) is 0 Å². The minimum atomic E-state index is -3.68. The first-order valence-corrected chi connectivity index (χ1v) is 11.2. The van der Waals surface area contributed by atoms with Gasteiger partial charge in [-0.05, 0) is 28.3 Å². The first-order chi connectivity index (χ1) is 15.0. The molecule has 4 aromatic rings. The van der Waals surface area contributed by atoms with Gasteiger partial charge < -0.3 is 0 Å². The van der Waals surface area contributed by atoms with Crippen LogP contribution >= 0.6 is 0 Å². The van der Waals surface area contributed by atoms with E-state index in [9.17, 15) is 18.5 Å². The summed E-state index contributed by atoms with van der Waals surface area (Å²) in [6.07, 6.45) is 1.42. The minimum Gasteiger partial charge on any atom is -0.258 e. The van der Waals surface area contributed by atoms with Gasteiger partial charge in [0, 0.05) is 6.07 Å². The molecule has 9 heteroatoms. The molecule has 3 aromatic carbocycles. The number of para-hydroxylation sites is 2. The summed E-state index contributed by atoms with van der Waals surface area (Å²) in [4.78, 5) is 10.8.